The van der Waals surface area contributed by atoms with Crippen molar-refractivity contribution >= 4 is 12.0 Å². The second-order valence-electron chi connectivity index (χ2n) is 2.83. The van der Waals surface area contributed by atoms with E-state index in [-0.39, 0.29) is 18.1 Å². The summed E-state index contributed by atoms with van der Waals surface area (Å²) in [6.07, 6.45) is 1.61. The van der Waals surface area contributed by atoms with Gasteiger partial charge in [0.15, 0.2) is 0 Å². The standard InChI is InChI=1S/C8H10N4O2/c1-5(6-3-2-4-13-6)10-8-12-11-7(9)14-8/h2-5H,1H3,(H2,9,11)(H,10,12). The van der Waals surface area contributed by atoms with Crippen molar-refractivity contribution in [2.45, 2.75) is 13.0 Å². The zero-order valence-electron chi connectivity index (χ0n) is 7.60. The summed E-state index contributed by atoms with van der Waals surface area (Å²) in [5.74, 6) is 0.793. The lowest BCUT2D eigenvalue weighted by Crippen LogP contribution is -2.05. The van der Waals surface area contributed by atoms with E-state index in [1.54, 1.807) is 6.26 Å². The molecular formula is C8H10N4O2. The van der Waals surface area contributed by atoms with Crippen molar-refractivity contribution in [2.75, 3.05) is 11.1 Å². The van der Waals surface area contributed by atoms with Crippen LogP contribution in [0.2, 0.25) is 0 Å². The van der Waals surface area contributed by atoms with Crippen LogP contribution in [0.4, 0.5) is 12.0 Å². The summed E-state index contributed by atoms with van der Waals surface area (Å²) in [5, 5.41) is 10.1. The number of nitrogens with two attached hydrogens (primary N) is 1. The molecule has 2 aromatic rings. The first-order valence-corrected chi connectivity index (χ1v) is 4.14. The maximum Gasteiger partial charge on any atom is 0.317 e. The van der Waals surface area contributed by atoms with Crippen molar-refractivity contribution in [1.29, 1.82) is 0 Å². The van der Waals surface area contributed by atoms with Crippen LogP contribution >= 0.6 is 0 Å². The van der Waals surface area contributed by atoms with Gasteiger partial charge >= 0.3 is 12.0 Å². The topological polar surface area (TPSA) is 90.1 Å². The van der Waals surface area contributed by atoms with Crippen molar-refractivity contribution < 1.29 is 8.83 Å². The lowest BCUT2D eigenvalue weighted by Gasteiger charge is -2.07. The molecule has 0 amide bonds. The van der Waals surface area contributed by atoms with Gasteiger partial charge in [-0.15, -0.1) is 0 Å². The Bertz CT molecular complexity index is 395. The zero-order valence-corrected chi connectivity index (χ0v) is 7.60. The van der Waals surface area contributed by atoms with Crippen LogP contribution in [0.15, 0.2) is 27.2 Å². The summed E-state index contributed by atoms with van der Waals surface area (Å²) < 4.78 is 10.1. The van der Waals surface area contributed by atoms with Gasteiger partial charge in [0.05, 0.1) is 12.3 Å². The summed E-state index contributed by atoms with van der Waals surface area (Å²) in [6.45, 7) is 1.92. The number of nitrogens with zero attached hydrogens (tertiary/aromatic N) is 2. The molecular weight excluding hydrogens is 184 g/mol. The number of hydrogen-bond acceptors (Lipinski definition) is 6. The minimum atomic E-state index is -0.0372. The molecule has 2 heterocycles. The molecule has 0 spiro atoms. The van der Waals surface area contributed by atoms with Crippen molar-refractivity contribution in [3.63, 3.8) is 0 Å². The fraction of sp³-hybridized carbons (Fsp3) is 0.250. The van der Waals surface area contributed by atoms with Crippen molar-refractivity contribution in [1.82, 2.24) is 10.2 Å². The molecule has 6 heteroatoms. The molecule has 0 aromatic carbocycles. The SMILES string of the molecule is CC(Nc1nnc(N)o1)c1ccco1. The van der Waals surface area contributed by atoms with E-state index in [9.17, 15) is 0 Å². The molecule has 0 saturated heterocycles. The molecule has 2 rings (SSSR count). The first-order chi connectivity index (χ1) is 6.75. The third kappa shape index (κ3) is 1.68. The largest absolute Gasteiger partial charge is 0.467 e. The van der Waals surface area contributed by atoms with Gasteiger partial charge in [-0.2, -0.15) is 0 Å². The number of rotatable bonds is 3. The molecule has 3 N–H and O–H groups in total. The molecule has 1 atom stereocenters. The van der Waals surface area contributed by atoms with Crippen LogP contribution in [0.3, 0.4) is 0 Å². The number of hydrogen-bond donors (Lipinski definition) is 2. The van der Waals surface area contributed by atoms with Crippen LogP contribution in [0.5, 0.6) is 0 Å². The van der Waals surface area contributed by atoms with Crippen LogP contribution in [-0.4, -0.2) is 10.2 Å². The molecule has 0 bridgehead atoms. The van der Waals surface area contributed by atoms with E-state index in [1.165, 1.54) is 0 Å². The Kier molecular flexibility index (Phi) is 2.10. The van der Waals surface area contributed by atoms with Crippen molar-refractivity contribution in [3.8, 4) is 0 Å². The first-order valence-electron chi connectivity index (χ1n) is 4.14. The average molecular weight is 194 g/mol. The highest BCUT2D eigenvalue weighted by molar-refractivity contribution is 5.26. The van der Waals surface area contributed by atoms with Crippen molar-refractivity contribution in [3.05, 3.63) is 24.2 Å². The predicted octanol–water partition coefficient (Wildman–Crippen LogP) is 1.42. The van der Waals surface area contributed by atoms with Crippen LogP contribution in [0, 0.1) is 0 Å². The van der Waals surface area contributed by atoms with Gasteiger partial charge in [0.25, 0.3) is 0 Å². The van der Waals surface area contributed by atoms with Crippen LogP contribution in [-0.2, 0) is 0 Å². The van der Waals surface area contributed by atoms with Gasteiger partial charge in [-0.05, 0) is 19.1 Å². The van der Waals surface area contributed by atoms with Gasteiger partial charge < -0.3 is 19.9 Å². The van der Waals surface area contributed by atoms with E-state index < -0.39 is 0 Å². The van der Waals surface area contributed by atoms with E-state index in [1.807, 2.05) is 19.1 Å². The van der Waals surface area contributed by atoms with Crippen LogP contribution < -0.4 is 11.1 Å². The second kappa shape index (κ2) is 3.41. The van der Waals surface area contributed by atoms with Crippen molar-refractivity contribution in [2.24, 2.45) is 0 Å². The number of nitrogen functional groups attached to an aromatic ring is 1. The number of nitrogens with one attached hydrogen (secondary N) is 1. The summed E-state index contributed by atoms with van der Waals surface area (Å²) in [6, 6.07) is 3.96. The molecule has 0 fully saturated rings. The number of aromatic nitrogens is 2. The van der Waals surface area contributed by atoms with E-state index in [2.05, 4.69) is 15.5 Å². The van der Waals surface area contributed by atoms with Gasteiger partial charge in [-0.3, -0.25) is 0 Å². The number of anilines is 2. The zero-order chi connectivity index (χ0) is 9.97. The van der Waals surface area contributed by atoms with Crippen LogP contribution in [0.25, 0.3) is 0 Å². The van der Waals surface area contributed by atoms with Gasteiger partial charge in [0, 0.05) is 0 Å². The molecule has 0 radical (unpaired) electrons. The molecule has 2 aromatic heterocycles. The van der Waals surface area contributed by atoms with Crippen LogP contribution in [0.1, 0.15) is 18.7 Å². The molecule has 74 valence electrons. The van der Waals surface area contributed by atoms with E-state index in [0.29, 0.717) is 0 Å². The summed E-state index contributed by atoms with van der Waals surface area (Å²) in [4.78, 5) is 0. The highest BCUT2D eigenvalue weighted by atomic mass is 16.4. The lowest BCUT2D eigenvalue weighted by atomic mass is 10.3. The van der Waals surface area contributed by atoms with Gasteiger partial charge in [0.2, 0.25) is 0 Å². The quantitative estimate of drug-likeness (QED) is 0.767. The summed E-state index contributed by atoms with van der Waals surface area (Å²) >= 11 is 0. The highest BCUT2D eigenvalue weighted by Gasteiger charge is 2.11. The smallest absolute Gasteiger partial charge is 0.317 e. The Balaban J connectivity index is 2.05. The van der Waals surface area contributed by atoms with Gasteiger partial charge in [-0.1, -0.05) is 10.2 Å². The molecule has 1 unspecified atom stereocenters. The predicted molar refractivity (Wildman–Crippen MR) is 49.5 cm³/mol. The average Bonchev–Trinajstić information content (AvgIpc) is 2.75. The maximum absolute atomic E-state index is 5.27. The summed E-state index contributed by atoms with van der Waals surface area (Å²) in [5.41, 5.74) is 5.27. The van der Waals surface area contributed by atoms with Gasteiger partial charge in [0.1, 0.15) is 5.76 Å². The third-order valence-electron chi connectivity index (χ3n) is 1.75. The Hall–Kier alpha value is -1.98. The van der Waals surface area contributed by atoms with E-state index >= 15 is 0 Å². The van der Waals surface area contributed by atoms with E-state index in [0.717, 1.165) is 5.76 Å². The Morgan fingerprint density at radius 3 is 2.93 bits per heavy atom. The minimum absolute atomic E-state index is 0.0372. The Morgan fingerprint density at radius 2 is 2.36 bits per heavy atom. The Morgan fingerprint density at radius 1 is 1.50 bits per heavy atom. The lowest BCUT2D eigenvalue weighted by molar-refractivity contribution is 0.482. The molecule has 0 aliphatic heterocycles. The normalized spacial score (nSPS) is 12.6. The minimum Gasteiger partial charge on any atom is -0.467 e. The molecule has 0 aliphatic carbocycles. The Labute approximate surface area is 80.1 Å². The fourth-order valence-electron chi connectivity index (χ4n) is 1.09. The monoisotopic (exact) mass is 194 g/mol. The molecule has 6 nitrogen and oxygen atoms in total. The number of furan rings is 1. The molecule has 14 heavy (non-hydrogen) atoms. The highest BCUT2D eigenvalue weighted by Crippen LogP contribution is 2.18. The molecule has 0 saturated carbocycles. The van der Waals surface area contributed by atoms with E-state index in [4.69, 9.17) is 14.6 Å². The fourth-order valence-corrected chi connectivity index (χ4v) is 1.09. The van der Waals surface area contributed by atoms with Gasteiger partial charge in [-0.25, -0.2) is 0 Å². The second-order valence-corrected chi connectivity index (χ2v) is 2.83. The molecule has 0 aliphatic rings. The third-order valence-corrected chi connectivity index (χ3v) is 1.75. The summed E-state index contributed by atoms with van der Waals surface area (Å²) in [7, 11) is 0. The maximum atomic E-state index is 5.27. The first kappa shape index (κ1) is 8.61.